The smallest absolute Gasteiger partial charge is 0.191 e. The zero-order valence-electron chi connectivity index (χ0n) is 12.3. The summed E-state index contributed by atoms with van der Waals surface area (Å²) in [6.07, 6.45) is 4.34. The molecule has 0 aliphatic heterocycles. The third kappa shape index (κ3) is 3.98. The molecule has 4 heteroatoms. The van der Waals surface area contributed by atoms with E-state index >= 15 is 0 Å². The normalized spacial score (nSPS) is 16.0. The zero-order valence-corrected chi connectivity index (χ0v) is 14.6. The van der Waals surface area contributed by atoms with Gasteiger partial charge in [-0.25, -0.2) is 0 Å². The minimum atomic E-state index is 0. The lowest BCUT2D eigenvalue weighted by atomic mass is 9.92. The largest absolute Gasteiger partial charge is 0.356 e. The van der Waals surface area contributed by atoms with Crippen LogP contribution in [0.3, 0.4) is 0 Å². The lowest BCUT2D eigenvalue weighted by Gasteiger charge is -2.20. The van der Waals surface area contributed by atoms with E-state index in [0.29, 0.717) is 5.41 Å². The highest BCUT2D eigenvalue weighted by Gasteiger charge is 2.44. The maximum absolute atomic E-state index is 4.22. The Morgan fingerprint density at radius 1 is 1.35 bits per heavy atom. The summed E-state index contributed by atoms with van der Waals surface area (Å²) in [6, 6.07) is 8.68. The summed E-state index contributed by atoms with van der Waals surface area (Å²) >= 11 is 0. The van der Waals surface area contributed by atoms with Gasteiger partial charge in [-0.05, 0) is 30.9 Å². The van der Waals surface area contributed by atoms with E-state index in [0.717, 1.165) is 19.0 Å². The van der Waals surface area contributed by atoms with Crippen molar-refractivity contribution in [2.24, 2.45) is 4.99 Å². The molecular formula is C16H24IN3. The van der Waals surface area contributed by atoms with Crippen LogP contribution >= 0.6 is 24.0 Å². The van der Waals surface area contributed by atoms with Gasteiger partial charge in [0.2, 0.25) is 0 Å². The number of aryl methyl sites for hydroxylation is 1. The molecule has 0 saturated heterocycles. The van der Waals surface area contributed by atoms with E-state index < -0.39 is 0 Å². The molecule has 1 aromatic carbocycles. The second kappa shape index (κ2) is 7.67. The molecule has 0 amide bonds. The van der Waals surface area contributed by atoms with Crippen molar-refractivity contribution in [3.05, 3.63) is 48.0 Å². The number of nitrogens with one attached hydrogen (secondary N) is 2. The van der Waals surface area contributed by atoms with Crippen LogP contribution in [0, 0.1) is 6.92 Å². The van der Waals surface area contributed by atoms with E-state index in [2.05, 4.69) is 53.4 Å². The van der Waals surface area contributed by atoms with Gasteiger partial charge in [-0.15, -0.1) is 30.6 Å². The van der Waals surface area contributed by atoms with Gasteiger partial charge in [-0.2, -0.15) is 0 Å². The molecule has 0 radical (unpaired) electrons. The maximum Gasteiger partial charge on any atom is 0.191 e. The Balaban J connectivity index is 0.00000200. The van der Waals surface area contributed by atoms with Gasteiger partial charge in [0.1, 0.15) is 0 Å². The van der Waals surface area contributed by atoms with Crippen molar-refractivity contribution < 1.29 is 0 Å². The predicted octanol–water partition coefficient (Wildman–Crippen LogP) is 3.00. The summed E-state index contributed by atoms with van der Waals surface area (Å²) in [5, 5.41) is 6.63. The molecule has 3 nitrogen and oxygen atoms in total. The monoisotopic (exact) mass is 385 g/mol. The molecule has 1 aromatic rings. The predicted molar refractivity (Wildman–Crippen MR) is 97.1 cm³/mol. The molecule has 0 aromatic heterocycles. The van der Waals surface area contributed by atoms with Crippen molar-refractivity contribution >= 4 is 29.9 Å². The van der Waals surface area contributed by atoms with Crippen molar-refractivity contribution in [2.75, 3.05) is 20.1 Å². The summed E-state index contributed by atoms with van der Waals surface area (Å²) in [5.74, 6) is 0.847. The van der Waals surface area contributed by atoms with Crippen LogP contribution in [0.1, 0.15) is 24.0 Å². The summed E-state index contributed by atoms with van der Waals surface area (Å²) in [6.45, 7) is 7.57. The molecule has 2 N–H and O–H groups in total. The Morgan fingerprint density at radius 3 is 2.60 bits per heavy atom. The molecular weight excluding hydrogens is 361 g/mol. The molecule has 20 heavy (non-hydrogen) atoms. The van der Waals surface area contributed by atoms with E-state index in [4.69, 9.17) is 0 Å². The van der Waals surface area contributed by atoms with Gasteiger partial charge in [0.15, 0.2) is 5.96 Å². The quantitative estimate of drug-likeness (QED) is 0.354. The van der Waals surface area contributed by atoms with Crippen LogP contribution in [0.25, 0.3) is 0 Å². The standard InChI is InChI=1S/C16H23N3.HI/c1-4-11-18-15(17-3)19-12-16(9-10-16)14-8-6-5-7-13(14)2;/h4-8H,1,9-12H2,2-3H3,(H2,17,18,19);1H. The first-order valence-electron chi connectivity index (χ1n) is 6.83. The van der Waals surface area contributed by atoms with E-state index in [1.54, 1.807) is 7.05 Å². The van der Waals surface area contributed by atoms with E-state index in [9.17, 15) is 0 Å². The summed E-state index contributed by atoms with van der Waals surface area (Å²) in [5.41, 5.74) is 3.16. The number of rotatable bonds is 5. The number of guanidine groups is 1. The number of nitrogens with zero attached hydrogens (tertiary/aromatic N) is 1. The van der Waals surface area contributed by atoms with Crippen LogP contribution < -0.4 is 10.6 Å². The molecule has 0 bridgehead atoms. The lowest BCUT2D eigenvalue weighted by Crippen LogP contribution is -2.41. The molecule has 1 fully saturated rings. The van der Waals surface area contributed by atoms with Crippen LogP contribution in [0.5, 0.6) is 0 Å². The fraction of sp³-hybridized carbons (Fsp3) is 0.438. The first-order chi connectivity index (χ1) is 9.22. The third-order valence-corrected chi connectivity index (χ3v) is 3.80. The van der Waals surface area contributed by atoms with E-state index in [1.807, 2.05) is 6.08 Å². The number of benzene rings is 1. The van der Waals surface area contributed by atoms with Gasteiger partial charge in [-0.3, -0.25) is 4.99 Å². The highest BCUT2D eigenvalue weighted by atomic mass is 127. The minimum Gasteiger partial charge on any atom is -0.356 e. The third-order valence-electron chi connectivity index (χ3n) is 3.80. The number of halogens is 1. The van der Waals surface area contributed by atoms with Gasteiger partial charge in [0.25, 0.3) is 0 Å². The maximum atomic E-state index is 4.22. The van der Waals surface area contributed by atoms with Crippen LogP contribution in [0.15, 0.2) is 41.9 Å². The van der Waals surface area contributed by atoms with Gasteiger partial charge >= 0.3 is 0 Å². The fourth-order valence-corrected chi connectivity index (χ4v) is 2.50. The highest BCUT2D eigenvalue weighted by Crippen LogP contribution is 2.48. The molecule has 0 atom stereocenters. The Hall–Kier alpha value is -1.04. The fourth-order valence-electron chi connectivity index (χ4n) is 2.50. The van der Waals surface area contributed by atoms with Crippen molar-refractivity contribution in [3.63, 3.8) is 0 Å². The van der Waals surface area contributed by atoms with E-state index in [1.165, 1.54) is 24.0 Å². The lowest BCUT2D eigenvalue weighted by molar-refractivity contribution is 0.645. The Morgan fingerprint density at radius 2 is 2.05 bits per heavy atom. The molecule has 1 saturated carbocycles. The first-order valence-corrected chi connectivity index (χ1v) is 6.83. The zero-order chi connectivity index (χ0) is 13.7. The molecule has 1 aliphatic rings. The average Bonchev–Trinajstić information content (AvgIpc) is 3.20. The second-order valence-electron chi connectivity index (χ2n) is 5.19. The molecule has 0 heterocycles. The van der Waals surface area contributed by atoms with Crippen molar-refractivity contribution in [3.8, 4) is 0 Å². The summed E-state index contributed by atoms with van der Waals surface area (Å²) < 4.78 is 0. The SMILES string of the molecule is C=CCNC(=NC)NCC1(c2ccccc2C)CC1.I. The van der Waals surface area contributed by atoms with Crippen molar-refractivity contribution in [2.45, 2.75) is 25.2 Å². The summed E-state index contributed by atoms with van der Waals surface area (Å²) in [4.78, 5) is 4.22. The van der Waals surface area contributed by atoms with Crippen LogP contribution in [-0.4, -0.2) is 26.1 Å². The van der Waals surface area contributed by atoms with Crippen molar-refractivity contribution in [1.29, 1.82) is 0 Å². The van der Waals surface area contributed by atoms with Crippen LogP contribution in [-0.2, 0) is 5.41 Å². The topological polar surface area (TPSA) is 36.4 Å². The molecule has 0 spiro atoms. The van der Waals surface area contributed by atoms with Gasteiger partial charge in [-0.1, -0.05) is 30.3 Å². The average molecular weight is 385 g/mol. The van der Waals surface area contributed by atoms with E-state index in [-0.39, 0.29) is 24.0 Å². The summed E-state index contributed by atoms with van der Waals surface area (Å²) in [7, 11) is 1.80. The van der Waals surface area contributed by atoms with Gasteiger partial charge < -0.3 is 10.6 Å². The van der Waals surface area contributed by atoms with Gasteiger partial charge in [0, 0.05) is 25.6 Å². The number of hydrogen-bond donors (Lipinski definition) is 2. The number of hydrogen-bond acceptors (Lipinski definition) is 1. The molecule has 1 aliphatic carbocycles. The molecule has 2 rings (SSSR count). The minimum absolute atomic E-state index is 0. The highest BCUT2D eigenvalue weighted by molar-refractivity contribution is 14.0. The second-order valence-corrected chi connectivity index (χ2v) is 5.19. The van der Waals surface area contributed by atoms with Crippen LogP contribution in [0.4, 0.5) is 0 Å². The number of aliphatic imine (C=N–C) groups is 1. The molecule has 110 valence electrons. The van der Waals surface area contributed by atoms with Crippen molar-refractivity contribution in [1.82, 2.24) is 10.6 Å². The molecule has 0 unspecified atom stereocenters. The first kappa shape index (κ1) is 17.0. The van der Waals surface area contributed by atoms with Gasteiger partial charge in [0.05, 0.1) is 0 Å². The Labute approximate surface area is 139 Å². The Bertz CT molecular complexity index is 478. The van der Waals surface area contributed by atoms with Crippen LogP contribution in [0.2, 0.25) is 0 Å². The Kier molecular flexibility index (Phi) is 6.52.